The molecule has 0 aromatic carbocycles. The van der Waals surface area contributed by atoms with Crippen molar-refractivity contribution in [2.24, 2.45) is 0 Å². The molecule has 4 amide bonds. The molecule has 0 saturated carbocycles. The van der Waals surface area contributed by atoms with Crippen LogP contribution in [0.1, 0.15) is 26.7 Å². The lowest BCUT2D eigenvalue weighted by Gasteiger charge is -2.30. The molecule has 23 heavy (non-hydrogen) atoms. The van der Waals surface area contributed by atoms with Crippen molar-refractivity contribution in [2.75, 3.05) is 18.8 Å². The Kier molecular flexibility index (Phi) is 3.99. The first-order valence-electron chi connectivity index (χ1n) is 7.59. The van der Waals surface area contributed by atoms with Gasteiger partial charge in [0, 0.05) is 25.3 Å². The Labute approximate surface area is 137 Å². The van der Waals surface area contributed by atoms with Gasteiger partial charge in [0.15, 0.2) is 6.10 Å². The number of fused-ring (bicyclic) bond motifs is 1. The number of urea groups is 1. The molecule has 3 rings (SSSR count). The summed E-state index contributed by atoms with van der Waals surface area (Å²) in [5.74, 6) is -0.726. The second kappa shape index (κ2) is 5.70. The van der Waals surface area contributed by atoms with Crippen molar-refractivity contribution >= 4 is 35.6 Å². The minimum Gasteiger partial charge on any atom is -0.451 e. The molecule has 0 aliphatic carbocycles. The first kappa shape index (κ1) is 16.1. The Bertz CT molecular complexity index is 583. The molecule has 3 aliphatic heterocycles. The van der Waals surface area contributed by atoms with Gasteiger partial charge in [0.25, 0.3) is 5.91 Å². The van der Waals surface area contributed by atoms with Crippen molar-refractivity contribution in [2.45, 2.75) is 43.7 Å². The molecule has 3 heterocycles. The molecule has 0 bridgehead atoms. The number of esters is 1. The van der Waals surface area contributed by atoms with E-state index >= 15 is 0 Å². The lowest BCUT2D eigenvalue weighted by molar-refractivity contribution is -0.163. The normalized spacial score (nSPS) is 31.1. The van der Waals surface area contributed by atoms with E-state index in [4.69, 9.17) is 4.74 Å². The number of hydrogen-bond acceptors (Lipinski definition) is 6. The van der Waals surface area contributed by atoms with Gasteiger partial charge in [-0.2, -0.15) is 0 Å². The van der Waals surface area contributed by atoms with E-state index in [2.05, 4.69) is 5.32 Å². The Hall–Kier alpha value is -1.77. The van der Waals surface area contributed by atoms with E-state index in [0.717, 1.165) is 4.90 Å². The van der Waals surface area contributed by atoms with Crippen molar-refractivity contribution in [3.63, 3.8) is 0 Å². The molecular formula is C14H19N3O5S. The largest absolute Gasteiger partial charge is 0.451 e. The molecular weight excluding hydrogens is 322 g/mol. The summed E-state index contributed by atoms with van der Waals surface area (Å²) in [5.41, 5.74) is 0. The number of rotatable bonds is 3. The zero-order valence-corrected chi connectivity index (χ0v) is 13.9. The number of nitrogens with one attached hydrogen (secondary N) is 1. The van der Waals surface area contributed by atoms with E-state index in [9.17, 15) is 19.2 Å². The SMILES string of the molecule is C[C@H](OC(=O)[C@H]1CS[C@@]2(C)CCC(=O)N12)C(=O)N1CCNC1=O. The number of thioether (sulfide) groups is 1. The summed E-state index contributed by atoms with van der Waals surface area (Å²) in [6.45, 7) is 4.05. The van der Waals surface area contributed by atoms with Crippen molar-refractivity contribution in [3.8, 4) is 0 Å². The van der Waals surface area contributed by atoms with Crippen LogP contribution >= 0.6 is 11.8 Å². The number of nitrogens with zero attached hydrogens (tertiary/aromatic N) is 2. The third-order valence-corrected chi connectivity index (χ3v) is 5.99. The van der Waals surface area contributed by atoms with Crippen LogP contribution in [0, 0.1) is 0 Å². The lowest BCUT2D eigenvalue weighted by atomic mass is 10.2. The summed E-state index contributed by atoms with van der Waals surface area (Å²) in [7, 11) is 0. The predicted molar refractivity (Wildman–Crippen MR) is 81.4 cm³/mol. The number of amides is 4. The van der Waals surface area contributed by atoms with Gasteiger partial charge in [-0.3, -0.25) is 14.5 Å². The minimum atomic E-state index is -1.05. The molecule has 126 valence electrons. The van der Waals surface area contributed by atoms with Gasteiger partial charge >= 0.3 is 12.0 Å². The predicted octanol–water partition coefficient (Wildman–Crippen LogP) is -0.0761. The highest BCUT2D eigenvalue weighted by atomic mass is 32.2. The fraction of sp³-hybridized carbons (Fsp3) is 0.714. The van der Waals surface area contributed by atoms with E-state index in [1.807, 2.05) is 6.92 Å². The van der Waals surface area contributed by atoms with Gasteiger partial charge in [-0.1, -0.05) is 0 Å². The quantitative estimate of drug-likeness (QED) is 0.722. The molecule has 1 N–H and O–H groups in total. The van der Waals surface area contributed by atoms with Gasteiger partial charge in [-0.15, -0.1) is 11.8 Å². The summed E-state index contributed by atoms with van der Waals surface area (Å²) >= 11 is 1.56. The molecule has 0 aromatic heterocycles. The number of carbonyl (C=O) groups excluding carboxylic acids is 4. The van der Waals surface area contributed by atoms with Crippen LogP contribution in [-0.4, -0.2) is 69.5 Å². The minimum absolute atomic E-state index is 0.0580. The highest BCUT2D eigenvalue weighted by molar-refractivity contribution is 8.01. The van der Waals surface area contributed by atoms with Crippen LogP contribution in [0.4, 0.5) is 4.79 Å². The standard InChI is InChI=1S/C14H19N3O5S/c1-8(11(19)16-6-5-15-13(16)21)22-12(20)9-7-23-14(2)4-3-10(18)17(9)14/h8-9H,3-7H2,1-2H3,(H,15,21)/t8-,9+,14-/m0/s1. The van der Waals surface area contributed by atoms with Gasteiger partial charge in [-0.25, -0.2) is 9.59 Å². The van der Waals surface area contributed by atoms with Crippen LogP contribution in [0.2, 0.25) is 0 Å². The Balaban J connectivity index is 1.64. The van der Waals surface area contributed by atoms with E-state index < -0.39 is 30.1 Å². The molecule has 3 saturated heterocycles. The van der Waals surface area contributed by atoms with Gasteiger partial charge in [0.2, 0.25) is 5.91 Å². The topological polar surface area (TPSA) is 96.0 Å². The van der Waals surface area contributed by atoms with Crippen LogP contribution in [0.3, 0.4) is 0 Å². The average Bonchev–Trinajstić information content (AvgIpc) is 3.14. The van der Waals surface area contributed by atoms with Gasteiger partial charge in [-0.05, 0) is 20.3 Å². The molecule has 3 aliphatic rings. The van der Waals surface area contributed by atoms with Crippen LogP contribution in [0.5, 0.6) is 0 Å². The van der Waals surface area contributed by atoms with Crippen LogP contribution in [0.15, 0.2) is 0 Å². The summed E-state index contributed by atoms with van der Waals surface area (Å²) in [6.07, 6.45) is 0.0826. The molecule has 0 aromatic rings. The van der Waals surface area contributed by atoms with Crippen molar-refractivity contribution < 1.29 is 23.9 Å². The number of carbonyl (C=O) groups is 4. The third-order valence-electron chi connectivity index (χ3n) is 4.48. The van der Waals surface area contributed by atoms with Gasteiger partial charge in [0.05, 0.1) is 4.87 Å². The first-order valence-corrected chi connectivity index (χ1v) is 8.58. The van der Waals surface area contributed by atoms with E-state index in [1.165, 1.54) is 6.92 Å². The van der Waals surface area contributed by atoms with Crippen LogP contribution in [-0.2, 0) is 19.1 Å². The highest BCUT2D eigenvalue weighted by Crippen LogP contribution is 2.47. The fourth-order valence-electron chi connectivity index (χ4n) is 3.20. The average molecular weight is 341 g/mol. The zero-order chi connectivity index (χ0) is 16.8. The molecule has 3 atom stereocenters. The third kappa shape index (κ3) is 2.66. The fourth-order valence-corrected chi connectivity index (χ4v) is 4.62. The molecule has 9 heteroatoms. The summed E-state index contributed by atoms with van der Waals surface area (Å²) in [4.78, 5) is 50.3. The maximum Gasteiger partial charge on any atom is 0.330 e. The van der Waals surface area contributed by atoms with E-state index in [1.54, 1.807) is 16.7 Å². The van der Waals surface area contributed by atoms with Gasteiger partial charge in [0.1, 0.15) is 6.04 Å². The number of ether oxygens (including phenoxy) is 1. The van der Waals surface area contributed by atoms with E-state index in [0.29, 0.717) is 25.1 Å². The smallest absolute Gasteiger partial charge is 0.330 e. The first-order chi connectivity index (χ1) is 10.8. The van der Waals surface area contributed by atoms with E-state index in [-0.39, 0.29) is 17.3 Å². The Morgan fingerprint density at radius 3 is 2.83 bits per heavy atom. The number of imide groups is 1. The lowest BCUT2D eigenvalue weighted by Crippen LogP contribution is -2.49. The molecule has 0 unspecified atom stereocenters. The second-order valence-electron chi connectivity index (χ2n) is 6.07. The monoisotopic (exact) mass is 341 g/mol. The van der Waals surface area contributed by atoms with Crippen molar-refractivity contribution in [3.05, 3.63) is 0 Å². The van der Waals surface area contributed by atoms with Crippen molar-refractivity contribution in [1.82, 2.24) is 15.1 Å². The highest BCUT2D eigenvalue weighted by Gasteiger charge is 2.53. The van der Waals surface area contributed by atoms with Crippen LogP contribution in [0.25, 0.3) is 0 Å². The summed E-state index contributed by atoms with van der Waals surface area (Å²) in [6, 6.07) is -1.14. The Morgan fingerprint density at radius 1 is 1.43 bits per heavy atom. The molecule has 8 nitrogen and oxygen atoms in total. The second-order valence-corrected chi connectivity index (χ2v) is 7.57. The summed E-state index contributed by atoms with van der Waals surface area (Å²) < 4.78 is 5.24. The molecule has 3 fully saturated rings. The number of hydrogen-bond donors (Lipinski definition) is 1. The summed E-state index contributed by atoms with van der Waals surface area (Å²) in [5, 5.41) is 2.52. The zero-order valence-electron chi connectivity index (χ0n) is 13.0. The van der Waals surface area contributed by atoms with Gasteiger partial charge < -0.3 is 15.0 Å². The maximum atomic E-state index is 12.4. The molecule has 0 radical (unpaired) electrons. The maximum absolute atomic E-state index is 12.4. The Morgan fingerprint density at radius 2 is 2.17 bits per heavy atom. The molecule has 0 spiro atoms. The van der Waals surface area contributed by atoms with Crippen LogP contribution < -0.4 is 5.32 Å². The van der Waals surface area contributed by atoms with Crippen molar-refractivity contribution in [1.29, 1.82) is 0 Å².